The summed E-state index contributed by atoms with van der Waals surface area (Å²) in [4.78, 5) is 13.0. The lowest BCUT2D eigenvalue weighted by atomic mass is 9.77. The van der Waals surface area contributed by atoms with Crippen LogP contribution in [0.25, 0.3) is 0 Å². The van der Waals surface area contributed by atoms with Gasteiger partial charge in [0, 0.05) is 12.0 Å². The fourth-order valence-electron chi connectivity index (χ4n) is 3.88. The van der Waals surface area contributed by atoms with Crippen LogP contribution in [0.2, 0.25) is 19.6 Å². The molecular formula is C18H30O3Si. The first kappa shape index (κ1) is 17.5. The lowest BCUT2D eigenvalue weighted by Gasteiger charge is -2.41. The monoisotopic (exact) mass is 322 g/mol. The van der Waals surface area contributed by atoms with Crippen molar-refractivity contribution >= 4 is 14.1 Å². The molecule has 0 bridgehead atoms. The topological polar surface area (TPSA) is 39.4 Å². The first-order valence-electron chi connectivity index (χ1n) is 8.41. The molecule has 3 atom stereocenters. The van der Waals surface area contributed by atoms with Gasteiger partial charge < -0.3 is 8.84 Å². The van der Waals surface area contributed by atoms with Crippen molar-refractivity contribution in [2.75, 3.05) is 0 Å². The van der Waals surface area contributed by atoms with E-state index in [1.807, 2.05) is 6.07 Å². The molecule has 0 aromatic carbocycles. The van der Waals surface area contributed by atoms with Crippen molar-refractivity contribution in [1.29, 1.82) is 0 Å². The summed E-state index contributed by atoms with van der Waals surface area (Å²) in [5.41, 5.74) is 0.560. The highest BCUT2D eigenvalue weighted by Crippen LogP contribution is 2.52. The van der Waals surface area contributed by atoms with Crippen molar-refractivity contribution in [1.82, 2.24) is 0 Å². The summed E-state index contributed by atoms with van der Waals surface area (Å²) in [7, 11) is -1.80. The van der Waals surface area contributed by atoms with Crippen LogP contribution in [-0.2, 0) is 14.8 Å². The van der Waals surface area contributed by atoms with E-state index >= 15 is 0 Å². The van der Waals surface area contributed by atoms with Crippen molar-refractivity contribution in [2.24, 2.45) is 17.8 Å². The van der Waals surface area contributed by atoms with E-state index in [1.54, 1.807) is 12.5 Å². The Labute approximate surface area is 135 Å². The molecule has 1 aliphatic carbocycles. The number of hydrogen-bond donors (Lipinski definition) is 0. The van der Waals surface area contributed by atoms with E-state index in [-0.39, 0.29) is 5.92 Å². The minimum atomic E-state index is -1.80. The van der Waals surface area contributed by atoms with Crippen LogP contribution in [0.4, 0.5) is 0 Å². The first-order chi connectivity index (χ1) is 10.2. The van der Waals surface area contributed by atoms with Gasteiger partial charge in [0.1, 0.15) is 5.78 Å². The van der Waals surface area contributed by atoms with Crippen LogP contribution in [-0.4, -0.2) is 14.1 Å². The molecule has 1 aliphatic rings. The van der Waals surface area contributed by atoms with Crippen LogP contribution in [0.3, 0.4) is 0 Å². The lowest BCUT2D eigenvalue weighted by molar-refractivity contribution is -0.132. The largest absolute Gasteiger partial charge is 0.472 e. The van der Waals surface area contributed by atoms with Crippen LogP contribution in [0, 0.1) is 17.8 Å². The van der Waals surface area contributed by atoms with Crippen LogP contribution < -0.4 is 0 Å². The molecule has 0 aliphatic heterocycles. The molecule has 22 heavy (non-hydrogen) atoms. The Hall–Kier alpha value is -0.873. The zero-order valence-corrected chi connectivity index (χ0v) is 15.8. The second-order valence-electron chi connectivity index (χ2n) is 8.17. The molecule has 124 valence electrons. The molecule has 3 unspecified atom stereocenters. The lowest BCUT2D eigenvalue weighted by Crippen LogP contribution is -2.46. The average Bonchev–Trinajstić information content (AvgIpc) is 2.95. The van der Waals surface area contributed by atoms with Gasteiger partial charge in [-0.3, -0.25) is 4.79 Å². The van der Waals surface area contributed by atoms with Crippen molar-refractivity contribution in [3.63, 3.8) is 0 Å². The highest BCUT2D eigenvalue weighted by molar-refractivity contribution is 6.69. The third-order valence-electron chi connectivity index (χ3n) is 4.50. The van der Waals surface area contributed by atoms with Crippen LogP contribution in [0.5, 0.6) is 0 Å². The van der Waals surface area contributed by atoms with Gasteiger partial charge in [-0.05, 0) is 50.4 Å². The number of rotatable bonds is 6. The highest BCUT2D eigenvalue weighted by Gasteiger charge is 2.54. The molecule has 0 amide bonds. The molecule has 1 fully saturated rings. The van der Waals surface area contributed by atoms with Gasteiger partial charge in [-0.15, -0.1) is 0 Å². The Morgan fingerprint density at radius 2 is 2.14 bits per heavy atom. The highest BCUT2D eigenvalue weighted by atomic mass is 28.4. The summed E-state index contributed by atoms with van der Waals surface area (Å²) >= 11 is 0. The zero-order chi connectivity index (χ0) is 16.5. The average molecular weight is 323 g/mol. The maximum absolute atomic E-state index is 13.0. The summed E-state index contributed by atoms with van der Waals surface area (Å²) in [5, 5.41) is 0. The normalized spacial score (nSPS) is 29.2. The van der Waals surface area contributed by atoms with E-state index in [9.17, 15) is 4.79 Å². The standard InChI is InChI=1S/C18H30O3Si/c1-13(2)11-16(19)17-14(3)7-9-18(17,21-22(4,5)6)15-8-10-20-12-15/h8,10,12-14,17H,7,9,11H2,1-6H3. The van der Waals surface area contributed by atoms with Gasteiger partial charge in [0.05, 0.1) is 24.0 Å². The molecule has 4 heteroatoms. The van der Waals surface area contributed by atoms with Crippen molar-refractivity contribution in [3.8, 4) is 0 Å². The summed E-state index contributed by atoms with van der Waals surface area (Å²) in [5.74, 6) is 1.03. The van der Waals surface area contributed by atoms with Gasteiger partial charge in [0.15, 0.2) is 8.32 Å². The van der Waals surface area contributed by atoms with Gasteiger partial charge in [-0.1, -0.05) is 20.8 Å². The number of ketones is 1. The van der Waals surface area contributed by atoms with E-state index in [0.29, 0.717) is 24.0 Å². The van der Waals surface area contributed by atoms with Crippen molar-refractivity contribution < 1.29 is 13.6 Å². The molecule has 1 aromatic rings. The van der Waals surface area contributed by atoms with Gasteiger partial charge in [-0.2, -0.15) is 0 Å². The molecular weight excluding hydrogens is 292 g/mol. The second kappa shape index (κ2) is 6.32. The molecule has 3 nitrogen and oxygen atoms in total. The van der Waals surface area contributed by atoms with Gasteiger partial charge in [0.25, 0.3) is 0 Å². The second-order valence-corrected chi connectivity index (χ2v) is 12.6. The Balaban J connectivity index is 2.44. The Morgan fingerprint density at radius 1 is 1.45 bits per heavy atom. The molecule has 0 N–H and O–H groups in total. The van der Waals surface area contributed by atoms with Crippen molar-refractivity contribution in [2.45, 2.75) is 65.3 Å². The number of hydrogen-bond acceptors (Lipinski definition) is 3. The third kappa shape index (κ3) is 3.54. The quantitative estimate of drug-likeness (QED) is 0.693. The maximum Gasteiger partial charge on any atom is 0.185 e. The van der Waals surface area contributed by atoms with Crippen LogP contribution in [0.15, 0.2) is 23.0 Å². The van der Waals surface area contributed by atoms with Crippen molar-refractivity contribution in [3.05, 3.63) is 24.2 Å². The summed E-state index contributed by atoms with van der Waals surface area (Å²) in [6.07, 6.45) is 6.03. The number of furan rings is 1. The SMILES string of the molecule is CC(C)CC(=O)C1C(C)CCC1(O[Si](C)(C)C)c1ccoc1. The third-order valence-corrected chi connectivity index (χ3v) is 5.47. The fourth-order valence-corrected chi connectivity index (χ4v) is 5.32. The van der Waals surface area contributed by atoms with Crippen LogP contribution in [0.1, 0.15) is 45.6 Å². The van der Waals surface area contributed by atoms with E-state index in [2.05, 4.69) is 40.4 Å². The minimum Gasteiger partial charge on any atom is -0.472 e. The molecule has 2 rings (SSSR count). The summed E-state index contributed by atoms with van der Waals surface area (Å²) < 4.78 is 12.0. The maximum atomic E-state index is 13.0. The van der Waals surface area contributed by atoms with E-state index in [4.69, 9.17) is 8.84 Å². The summed E-state index contributed by atoms with van der Waals surface area (Å²) in [6, 6.07) is 1.98. The fraction of sp³-hybridized carbons (Fsp3) is 0.722. The van der Waals surface area contributed by atoms with E-state index in [1.165, 1.54) is 0 Å². The Bertz CT molecular complexity index is 501. The molecule has 1 aromatic heterocycles. The number of carbonyl (C=O) groups excluding carboxylic acids is 1. The van der Waals surface area contributed by atoms with Gasteiger partial charge in [-0.25, -0.2) is 0 Å². The van der Waals surface area contributed by atoms with Gasteiger partial charge >= 0.3 is 0 Å². The number of carbonyl (C=O) groups is 1. The Morgan fingerprint density at radius 3 is 2.64 bits per heavy atom. The molecule has 1 saturated carbocycles. The minimum absolute atomic E-state index is 0.0563. The van der Waals surface area contributed by atoms with Gasteiger partial charge in [0.2, 0.25) is 0 Å². The van der Waals surface area contributed by atoms with E-state index < -0.39 is 13.9 Å². The molecule has 1 heterocycles. The Kier molecular flexibility index (Phi) is 5.02. The molecule has 0 saturated heterocycles. The van der Waals surface area contributed by atoms with Crippen LogP contribution >= 0.6 is 0 Å². The molecule has 0 radical (unpaired) electrons. The predicted molar refractivity (Wildman–Crippen MR) is 91.2 cm³/mol. The summed E-state index contributed by atoms with van der Waals surface area (Å²) in [6.45, 7) is 13.0. The smallest absolute Gasteiger partial charge is 0.185 e. The van der Waals surface area contributed by atoms with E-state index in [0.717, 1.165) is 18.4 Å². The number of Topliss-reactive ketones (excluding diaryl/α,β-unsaturated/α-hetero) is 1. The zero-order valence-electron chi connectivity index (χ0n) is 14.8. The first-order valence-corrected chi connectivity index (χ1v) is 11.8. The molecule has 0 spiro atoms. The predicted octanol–water partition coefficient (Wildman–Crippen LogP) is 4.99.